The second kappa shape index (κ2) is 17.1. The van der Waals surface area contributed by atoms with E-state index in [1.54, 1.807) is 35.2 Å². The number of nitrogens with one attached hydrogen (secondary N) is 3. The fourth-order valence-corrected chi connectivity index (χ4v) is 4.33. The molecule has 0 aromatic heterocycles. The minimum atomic E-state index is -1.45. The van der Waals surface area contributed by atoms with E-state index in [9.17, 15) is 33.9 Å². The highest BCUT2D eigenvalue weighted by molar-refractivity contribution is 5.90. The average Bonchev–Trinajstić information content (AvgIpc) is 2.98. The summed E-state index contributed by atoms with van der Waals surface area (Å²) in [6.07, 6.45) is 1.08. The molecule has 0 bridgehead atoms. The van der Waals surface area contributed by atoms with Gasteiger partial charge in [-0.15, -0.1) is 0 Å². The van der Waals surface area contributed by atoms with Crippen LogP contribution in [0.25, 0.3) is 0 Å². The summed E-state index contributed by atoms with van der Waals surface area (Å²) in [6.45, 7) is 7.18. The van der Waals surface area contributed by atoms with Crippen molar-refractivity contribution in [2.75, 3.05) is 33.2 Å². The monoisotopic (exact) mass is 619 g/mol. The molecule has 244 valence electrons. The summed E-state index contributed by atoms with van der Waals surface area (Å²) in [5.41, 5.74) is 0.163. The van der Waals surface area contributed by atoms with E-state index in [0.29, 0.717) is 19.5 Å². The summed E-state index contributed by atoms with van der Waals surface area (Å²) in [7, 11) is 1.51. The highest BCUT2D eigenvalue weighted by atomic mass is 16.6. The standard InChI is InChI=1S/C30H45N5O9/c1-20(34(5)25(37)12-11-21-13-15-35(16-14-21)29(42)44-30(2,3)4)26(38)32-18-24(36)31-17-23(27(39)40)33-28(41)43-19-22-9-7-6-8-10-22/h6-10,20-21,23H,11-19H2,1-5H3,(H,31,36)(H,32,38)(H,33,41)(H,39,40). The molecule has 0 saturated carbocycles. The van der Waals surface area contributed by atoms with Crippen molar-refractivity contribution in [1.82, 2.24) is 25.8 Å². The number of aliphatic carboxylic acids is 1. The maximum absolute atomic E-state index is 12.7. The summed E-state index contributed by atoms with van der Waals surface area (Å²) in [5, 5.41) is 16.3. The number of amides is 5. The van der Waals surface area contributed by atoms with Gasteiger partial charge in [-0.2, -0.15) is 0 Å². The molecule has 1 aliphatic rings. The summed E-state index contributed by atoms with van der Waals surface area (Å²) >= 11 is 0. The second-order valence-corrected chi connectivity index (χ2v) is 11.7. The molecule has 1 aromatic rings. The van der Waals surface area contributed by atoms with E-state index in [0.717, 1.165) is 18.4 Å². The van der Waals surface area contributed by atoms with Crippen molar-refractivity contribution in [1.29, 1.82) is 0 Å². The van der Waals surface area contributed by atoms with Gasteiger partial charge < -0.3 is 40.3 Å². The number of carbonyl (C=O) groups excluding carboxylic acids is 5. The average molecular weight is 620 g/mol. The first-order valence-electron chi connectivity index (χ1n) is 14.6. The molecule has 0 radical (unpaired) electrons. The van der Waals surface area contributed by atoms with E-state index in [-0.39, 0.29) is 30.9 Å². The minimum absolute atomic E-state index is 0.0539. The highest BCUT2D eigenvalue weighted by Crippen LogP contribution is 2.24. The van der Waals surface area contributed by atoms with Crippen LogP contribution < -0.4 is 16.0 Å². The number of rotatable bonds is 13. The number of likely N-dealkylation sites (N-methyl/N-ethyl adjacent to an activating group) is 1. The summed E-state index contributed by atoms with van der Waals surface area (Å²) in [5.74, 6) is -2.56. The Bertz CT molecular complexity index is 1150. The molecule has 0 spiro atoms. The molecule has 4 N–H and O–H groups in total. The number of ether oxygens (including phenoxy) is 2. The molecule has 1 aromatic carbocycles. The van der Waals surface area contributed by atoms with Gasteiger partial charge in [0.2, 0.25) is 17.7 Å². The van der Waals surface area contributed by atoms with Crippen molar-refractivity contribution >= 4 is 35.9 Å². The third-order valence-electron chi connectivity index (χ3n) is 7.12. The van der Waals surface area contributed by atoms with E-state index in [2.05, 4.69) is 16.0 Å². The number of benzene rings is 1. The predicted molar refractivity (Wildman–Crippen MR) is 159 cm³/mol. The first kappa shape index (κ1) is 35.8. The molecular formula is C30H45N5O9. The SMILES string of the molecule is CC(C(=O)NCC(=O)NCC(NC(=O)OCc1ccccc1)C(=O)O)N(C)C(=O)CCC1CCN(C(=O)OC(C)(C)C)CC1. The van der Waals surface area contributed by atoms with E-state index in [1.807, 2.05) is 20.8 Å². The van der Waals surface area contributed by atoms with Crippen molar-refractivity contribution in [3.05, 3.63) is 35.9 Å². The molecule has 2 atom stereocenters. The lowest BCUT2D eigenvalue weighted by Crippen LogP contribution is -2.51. The number of likely N-dealkylation sites (tertiary alicyclic amines) is 1. The first-order valence-corrected chi connectivity index (χ1v) is 14.6. The first-order chi connectivity index (χ1) is 20.7. The number of piperidine rings is 1. The van der Waals surface area contributed by atoms with Gasteiger partial charge in [-0.05, 0) is 58.4 Å². The lowest BCUT2D eigenvalue weighted by atomic mass is 9.92. The normalized spacial score (nSPS) is 14.9. The Balaban J connectivity index is 1.68. The van der Waals surface area contributed by atoms with E-state index in [1.165, 1.54) is 18.9 Å². The third kappa shape index (κ3) is 12.9. The van der Waals surface area contributed by atoms with Crippen molar-refractivity contribution in [3.63, 3.8) is 0 Å². The number of hydrogen-bond acceptors (Lipinski definition) is 8. The maximum Gasteiger partial charge on any atom is 0.410 e. The van der Waals surface area contributed by atoms with Crippen molar-refractivity contribution < 1.29 is 43.3 Å². The van der Waals surface area contributed by atoms with Crippen LogP contribution in [-0.4, -0.2) is 102 Å². The Morgan fingerprint density at radius 2 is 1.68 bits per heavy atom. The summed E-state index contributed by atoms with van der Waals surface area (Å²) < 4.78 is 10.4. The number of nitrogens with zero attached hydrogens (tertiary/aromatic N) is 2. The molecule has 2 rings (SSSR count). The zero-order valence-electron chi connectivity index (χ0n) is 26.1. The van der Waals surface area contributed by atoms with E-state index < -0.39 is 54.7 Å². The molecular weight excluding hydrogens is 574 g/mol. The molecule has 0 aliphatic carbocycles. The Morgan fingerprint density at radius 1 is 1.05 bits per heavy atom. The van der Waals surface area contributed by atoms with Gasteiger partial charge >= 0.3 is 18.2 Å². The highest BCUT2D eigenvalue weighted by Gasteiger charge is 2.28. The molecule has 5 amide bonds. The molecule has 1 aliphatic heterocycles. The lowest BCUT2D eigenvalue weighted by molar-refractivity contribution is -0.139. The predicted octanol–water partition coefficient (Wildman–Crippen LogP) is 1.87. The molecule has 14 nitrogen and oxygen atoms in total. The number of carboxylic acid groups (broad SMARTS) is 1. The van der Waals surface area contributed by atoms with Gasteiger partial charge in [0.1, 0.15) is 24.3 Å². The Hall–Kier alpha value is -4.36. The minimum Gasteiger partial charge on any atom is -0.480 e. The number of hydrogen-bond donors (Lipinski definition) is 4. The Labute approximate surface area is 257 Å². The zero-order chi connectivity index (χ0) is 32.9. The second-order valence-electron chi connectivity index (χ2n) is 11.7. The molecule has 1 heterocycles. The van der Waals surface area contributed by atoms with Crippen LogP contribution >= 0.6 is 0 Å². The summed E-state index contributed by atoms with van der Waals surface area (Å²) in [4.78, 5) is 76.3. The number of carbonyl (C=O) groups is 6. The van der Waals surface area contributed by atoms with Crippen molar-refractivity contribution in [2.45, 2.75) is 77.7 Å². The molecule has 1 saturated heterocycles. The van der Waals surface area contributed by atoms with Gasteiger partial charge in [0, 0.05) is 33.1 Å². The van der Waals surface area contributed by atoms with Gasteiger partial charge in [-0.25, -0.2) is 14.4 Å². The quantitative estimate of drug-likeness (QED) is 0.256. The van der Waals surface area contributed by atoms with Crippen LogP contribution in [-0.2, 0) is 35.3 Å². The number of carboxylic acids is 1. The van der Waals surface area contributed by atoms with Crippen LogP contribution in [0.2, 0.25) is 0 Å². The lowest BCUT2D eigenvalue weighted by Gasteiger charge is -2.33. The van der Waals surface area contributed by atoms with E-state index in [4.69, 9.17) is 9.47 Å². The Kier molecular flexibility index (Phi) is 13.9. The van der Waals surface area contributed by atoms with Crippen LogP contribution in [0.15, 0.2) is 30.3 Å². The van der Waals surface area contributed by atoms with Crippen molar-refractivity contribution in [2.24, 2.45) is 5.92 Å². The molecule has 2 unspecified atom stereocenters. The zero-order valence-corrected chi connectivity index (χ0v) is 26.1. The molecule has 44 heavy (non-hydrogen) atoms. The van der Waals surface area contributed by atoms with Crippen LogP contribution in [0.5, 0.6) is 0 Å². The molecule has 14 heteroatoms. The maximum atomic E-state index is 12.7. The topological polar surface area (TPSA) is 184 Å². The van der Waals surface area contributed by atoms with Gasteiger partial charge in [-0.3, -0.25) is 14.4 Å². The van der Waals surface area contributed by atoms with Gasteiger partial charge in [-0.1, -0.05) is 30.3 Å². The van der Waals surface area contributed by atoms with Crippen LogP contribution in [0.3, 0.4) is 0 Å². The fraction of sp³-hybridized carbons (Fsp3) is 0.600. The van der Waals surface area contributed by atoms with Crippen LogP contribution in [0.1, 0.15) is 58.9 Å². The van der Waals surface area contributed by atoms with Crippen LogP contribution in [0, 0.1) is 5.92 Å². The largest absolute Gasteiger partial charge is 0.480 e. The Morgan fingerprint density at radius 3 is 2.27 bits per heavy atom. The third-order valence-corrected chi connectivity index (χ3v) is 7.12. The van der Waals surface area contributed by atoms with Crippen molar-refractivity contribution in [3.8, 4) is 0 Å². The number of alkyl carbamates (subject to hydrolysis) is 1. The summed E-state index contributed by atoms with van der Waals surface area (Å²) in [6, 6.07) is 6.52. The smallest absolute Gasteiger partial charge is 0.410 e. The fourth-order valence-electron chi connectivity index (χ4n) is 4.33. The van der Waals surface area contributed by atoms with Gasteiger partial charge in [0.25, 0.3) is 0 Å². The molecule has 1 fully saturated rings. The van der Waals surface area contributed by atoms with Gasteiger partial charge in [0.05, 0.1) is 6.54 Å². The van der Waals surface area contributed by atoms with Gasteiger partial charge in [0.15, 0.2) is 0 Å². The van der Waals surface area contributed by atoms with E-state index >= 15 is 0 Å². The van der Waals surface area contributed by atoms with Crippen LogP contribution in [0.4, 0.5) is 9.59 Å².